The van der Waals surface area contributed by atoms with Gasteiger partial charge in [0.15, 0.2) is 0 Å². The standard InChI is InChI=1S/C10H15N3O/c1-14-5-4-13-10-6-9(12)3-2-8(10)7-11/h2-3,6-7,11,13H,4-5,12H2,1H3. The molecule has 0 aromatic heterocycles. The molecule has 0 amide bonds. The van der Waals surface area contributed by atoms with Crippen LogP contribution < -0.4 is 11.1 Å². The maximum atomic E-state index is 7.20. The zero-order valence-electron chi connectivity index (χ0n) is 8.21. The first-order valence-electron chi connectivity index (χ1n) is 4.40. The van der Waals surface area contributed by atoms with E-state index in [0.29, 0.717) is 18.8 Å². The third-order valence-corrected chi connectivity index (χ3v) is 1.85. The Morgan fingerprint density at radius 1 is 1.57 bits per heavy atom. The largest absolute Gasteiger partial charge is 0.399 e. The number of methoxy groups -OCH3 is 1. The van der Waals surface area contributed by atoms with Gasteiger partial charge in [-0.15, -0.1) is 0 Å². The van der Waals surface area contributed by atoms with Gasteiger partial charge in [-0.05, 0) is 18.2 Å². The molecule has 0 saturated heterocycles. The predicted octanol–water partition coefficient (Wildman–Crippen LogP) is 1.32. The monoisotopic (exact) mass is 193 g/mol. The summed E-state index contributed by atoms with van der Waals surface area (Å²) in [5, 5.41) is 10.3. The van der Waals surface area contributed by atoms with Gasteiger partial charge in [-0.2, -0.15) is 0 Å². The van der Waals surface area contributed by atoms with E-state index in [1.54, 1.807) is 13.2 Å². The summed E-state index contributed by atoms with van der Waals surface area (Å²) >= 11 is 0. The van der Waals surface area contributed by atoms with Crippen LogP contribution in [-0.2, 0) is 4.74 Å². The summed E-state index contributed by atoms with van der Waals surface area (Å²) < 4.78 is 4.92. The first-order chi connectivity index (χ1) is 6.77. The number of hydrogen-bond acceptors (Lipinski definition) is 4. The molecule has 0 unspecified atom stereocenters. The normalized spacial score (nSPS) is 9.79. The first kappa shape index (κ1) is 10.5. The van der Waals surface area contributed by atoms with Crippen LogP contribution in [0, 0.1) is 5.41 Å². The maximum Gasteiger partial charge on any atom is 0.0635 e. The van der Waals surface area contributed by atoms with Crippen molar-refractivity contribution in [3.63, 3.8) is 0 Å². The van der Waals surface area contributed by atoms with Crippen molar-refractivity contribution in [2.24, 2.45) is 0 Å². The van der Waals surface area contributed by atoms with Gasteiger partial charge in [-0.3, -0.25) is 0 Å². The molecule has 4 N–H and O–H groups in total. The number of benzene rings is 1. The quantitative estimate of drug-likeness (QED) is 0.375. The fourth-order valence-electron chi connectivity index (χ4n) is 1.14. The van der Waals surface area contributed by atoms with E-state index < -0.39 is 0 Å². The van der Waals surface area contributed by atoms with Gasteiger partial charge in [0.2, 0.25) is 0 Å². The van der Waals surface area contributed by atoms with Gasteiger partial charge < -0.3 is 21.2 Å². The lowest BCUT2D eigenvalue weighted by atomic mass is 10.1. The summed E-state index contributed by atoms with van der Waals surface area (Å²) in [6.45, 7) is 1.34. The van der Waals surface area contributed by atoms with E-state index in [0.717, 1.165) is 11.3 Å². The lowest BCUT2D eigenvalue weighted by Crippen LogP contribution is -2.09. The van der Waals surface area contributed by atoms with Crippen molar-refractivity contribution >= 4 is 17.6 Å². The van der Waals surface area contributed by atoms with Crippen LogP contribution in [0.4, 0.5) is 11.4 Å². The molecule has 1 aromatic carbocycles. The Hall–Kier alpha value is -1.55. The summed E-state index contributed by atoms with van der Waals surface area (Å²) in [6, 6.07) is 5.41. The molecule has 0 aliphatic heterocycles. The maximum absolute atomic E-state index is 7.20. The molecule has 1 rings (SSSR count). The summed E-state index contributed by atoms with van der Waals surface area (Å²) in [5.74, 6) is 0. The topological polar surface area (TPSA) is 71.1 Å². The molecular weight excluding hydrogens is 178 g/mol. The number of hydrogen-bond donors (Lipinski definition) is 3. The van der Waals surface area contributed by atoms with Crippen LogP contribution in [-0.4, -0.2) is 26.5 Å². The molecule has 0 aliphatic rings. The number of nitrogen functional groups attached to an aromatic ring is 1. The van der Waals surface area contributed by atoms with E-state index in [9.17, 15) is 0 Å². The molecule has 0 fully saturated rings. The Kier molecular flexibility index (Phi) is 3.94. The van der Waals surface area contributed by atoms with E-state index in [4.69, 9.17) is 15.9 Å². The second-order valence-electron chi connectivity index (χ2n) is 2.91. The van der Waals surface area contributed by atoms with Crippen molar-refractivity contribution in [1.82, 2.24) is 0 Å². The van der Waals surface area contributed by atoms with Gasteiger partial charge in [0, 0.05) is 36.8 Å². The molecule has 0 saturated carbocycles. The number of nitrogens with two attached hydrogens (primary N) is 1. The Bertz CT molecular complexity index is 312. The molecule has 4 heteroatoms. The van der Waals surface area contributed by atoms with Crippen molar-refractivity contribution < 1.29 is 4.74 Å². The van der Waals surface area contributed by atoms with Crippen molar-refractivity contribution in [2.45, 2.75) is 0 Å². The first-order valence-corrected chi connectivity index (χ1v) is 4.40. The third-order valence-electron chi connectivity index (χ3n) is 1.85. The van der Waals surface area contributed by atoms with Crippen LogP contribution in [0.3, 0.4) is 0 Å². The molecule has 76 valence electrons. The highest BCUT2D eigenvalue weighted by Gasteiger charge is 1.99. The average molecular weight is 193 g/mol. The molecule has 0 bridgehead atoms. The van der Waals surface area contributed by atoms with Crippen LogP contribution in [0.2, 0.25) is 0 Å². The summed E-state index contributed by atoms with van der Waals surface area (Å²) in [6.07, 6.45) is 1.30. The zero-order valence-corrected chi connectivity index (χ0v) is 8.21. The summed E-state index contributed by atoms with van der Waals surface area (Å²) in [5.41, 5.74) is 8.03. The van der Waals surface area contributed by atoms with Crippen molar-refractivity contribution in [1.29, 1.82) is 5.41 Å². The number of anilines is 2. The van der Waals surface area contributed by atoms with Crippen LogP contribution in [0.1, 0.15) is 5.56 Å². The average Bonchev–Trinajstić information content (AvgIpc) is 2.19. The van der Waals surface area contributed by atoms with E-state index in [2.05, 4.69) is 5.32 Å². The molecule has 0 spiro atoms. The van der Waals surface area contributed by atoms with E-state index in [-0.39, 0.29) is 0 Å². The van der Waals surface area contributed by atoms with Gasteiger partial charge in [0.1, 0.15) is 0 Å². The molecule has 1 aromatic rings. The Balaban J connectivity index is 2.72. The minimum atomic E-state index is 0.631. The van der Waals surface area contributed by atoms with Crippen LogP contribution in [0.5, 0.6) is 0 Å². The highest BCUT2D eigenvalue weighted by Crippen LogP contribution is 2.16. The smallest absolute Gasteiger partial charge is 0.0635 e. The van der Waals surface area contributed by atoms with Crippen LogP contribution >= 0.6 is 0 Å². The lowest BCUT2D eigenvalue weighted by molar-refractivity contribution is 0.211. The minimum Gasteiger partial charge on any atom is -0.399 e. The van der Waals surface area contributed by atoms with E-state index in [1.807, 2.05) is 12.1 Å². The van der Waals surface area contributed by atoms with E-state index >= 15 is 0 Å². The molecule has 0 radical (unpaired) electrons. The fourth-order valence-corrected chi connectivity index (χ4v) is 1.14. The Morgan fingerprint density at radius 2 is 2.36 bits per heavy atom. The minimum absolute atomic E-state index is 0.631. The van der Waals surface area contributed by atoms with Crippen LogP contribution in [0.25, 0.3) is 0 Å². The van der Waals surface area contributed by atoms with E-state index in [1.165, 1.54) is 6.21 Å². The van der Waals surface area contributed by atoms with Gasteiger partial charge in [0.05, 0.1) is 6.61 Å². The second kappa shape index (κ2) is 5.24. The molecule has 14 heavy (non-hydrogen) atoms. The van der Waals surface area contributed by atoms with Gasteiger partial charge in [-0.25, -0.2) is 0 Å². The van der Waals surface area contributed by atoms with Gasteiger partial charge in [-0.1, -0.05) is 0 Å². The van der Waals surface area contributed by atoms with Crippen LogP contribution in [0.15, 0.2) is 18.2 Å². The lowest BCUT2D eigenvalue weighted by Gasteiger charge is -2.09. The summed E-state index contributed by atoms with van der Waals surface area (Å²) in [7, 11) is 1.65. The van der Waals surface area contributed by atoms with Crippen molar-refractivity contribution in [3.05, 3.63) is 23.8 Å². The van der Waals surface area contributed by atoms with Gasteiger partial charge in [0.25, 0.3) is 0 Å². The number of ether oxygens (including phenoxy) is 1. The molecule has 0 atom stereocenters. The highest BCUT2D eigenvalue weighted by molar-refractivity contribution is 5.87. The number of rotatable bonds is 5. The summed E-state index contributed by atoms with van der Waals surface area (Å²) in [4.78, 5) is 0. The molecule has 4 nitrogen and oxygen atoms in total. The van der Waals surface area contributed by atoms with Gasteiger partial charge >= 0.3 is 0 Å². The Morgan fingerprint density at radius 3 is 3.00 bits per heavy atom. The highest BCUT2D eigenvalue weighted by atomic mass is 16.5. The SMILES string of the molecule is COCCNc1cc(N)ccc1C=N. The predicted molar refractivity (Wildman–Crippen MR) is 59.1 cm³/mol. The van der Waals surface area contributed by atoms with Crippen molar-refractivity contribution in [3.8, 4) is 0 Å². The molecular formula is C10H15N3O. The Labute approximate surface area is 83.6 Å². The number of nitrogens with one attached hydrogen (secondary N) is 2. The third kappa shape index (κ3) is 2.74. The second-order valence-corrected chi connectivity index (χ2v) is 2.91. The van der Waals surface area contributed by atoms with Crippen molar-refractivity contribution in [2.75, 3.05) is 31.3 Å². The zero-order chi connectivity index (χ0) is 10.4. The molecule has 0 heterocycles. The fraction of sp³-hybridized carbons (Fsp3) is 0.300. The molecule has 0 aliphatic carbocycles.